The lowest BCUT2D eigenvalue weighted by atomic mass is 10.1. The highest BCUT2D eigenvalue weighted by molar-refractivity contribution is 8.00. The summed E-state index contributed by atoms with van der Waals surface area (Å²) in [4.78, 5) is 22.6. The Morgan fingerprint density at radius 2 is 1.67 bits per heavy atom. The molecule has 0 amide bonds. The van der Waals surface area contributed by atoms with E-state index in [0.717, 1.165) is 17.7 Å². The highest BCUT2D eigenvalue weighted by Gasteiger charge is 2.18. The SMILES string of the molecule is CCCCC/C=C\C/C=C/C=C/C=C/[C@@H](Sc1ccc(C(=O)O)cc1)[C@@H](O)CCCC(=O)O. The van der Waals surface area contributed by atoms with Crippen LogP contribution in [-0.2, 0) is 4.79 Å². The predicted molar refractivity (Wildman–Crippen MR) is 136 cm³/mol. The van der Waals surface area contributed by atoms with Crippen LogP contribution in [-0.4, -0.2) is 38.6 Å². The Morgan fingerprint density at radius 1 is 0.939 bits per heavy atom. The zero-order valence-corrected chi connectivity index (χ0v) is 20.1. The van der Waals surface area contributed by atoms with Crippen LogP contribution in [0.15, 0.2) is 77.8 Å². The monoisotopic (exact) mass is 472 g/mol. The molecule has 1 aromatic rings. The lowest BCUT2D eigenvalue weighted by Crippen LogP contribution is -2.21. The average molecular weight is 473 g/mol. The minimum Gasteiger partial charge on any atom is -0.481 e. The zero-order chi connectivity index (χ0) is 24.3. The van der Waals surface area contributed by atoms with Gasteiger partial charge in [-0.2, -0.15) is 0 Å². The minimum atomic E-state index is -0.984. The van der Waals surface area contributed by atoms with E-state index in [2.05, 4.69) is 25.2 Å². The minimum absolute atomic E-state index is 0.0171. The molecular weight excluding hydrogens is 436 g/mol. The number of hydrogen-bond acceptors (Lipinski definition) is 4. The number of carboxylic acids is 2. The van der Waals surface area contributed by atoms with Crippen molar-refractivity contribution >= 4 is 23.7 Å². The van der Waals surface area contributed by atoms with Crippen molar-refractivity contribution in [3.8, 4) is 0 Å². The molecule has 33 heavy (non-hydrogen) atoms. The molecule has 2 atom stereocenters. The first-order chi connectivity index (χ1) is 15.9. The third kappa shape index (κ3) is 14.2. The van der Waals surface area contributed by atoms with Gasteiger partial charge < -0.3 is 15.3 Å². The molecule has 0 radical (unpaired) electrons. The van der Waals surface area contributed by atoms with Gasteiger partial charge in [-0.15, -0.1) is 11.8 Å². The lowest BCUT2D eigenvalue weighted by molar-refractivity contribution is -0.137. The fourth-order valence-electron chi connectivity index (χ4n) is 2.97. The van der Waals surface area contributed by atoms with Crippen LogP contribution in [0.3, 0.4) is 0 Å². The normalized spacial score (nSPS) is 14.0. The highest BCUT2D eigenvalue weighted by Crippen LogP contribution is 2.28. The summed E-state index contributed by atoms with van der Waals surface area (Å²) in [6.45, 7) is 2.20. The standard InChI is InChI=1S/C27H36O5S/c1-2-3-4-5-6-7-8-9-10-11-12-13-16-25(24(28)15-14-17-26(29)30)33-23-20-18-22(19-21-23)27(31)32/h6-7,9-13,16,18-21,24-25,28H,2-5,8,14-15,17H2,1H3,(H,29,30)(H,31,32)/b7-6-,10-9+,12-11+,16-13+/t24-,25+/m0/s1. The summed E-state index contributed by atoms with van der Waals surface area (Å²) in [6.07, 6.45) is 21.9. The van der Waals surface area contributed by atoms with Crippen LogP contribution in [0.5, 0.6) is 0 Å². The van der Waals surface area contributed by atoms with Crippen LogP contribution in [0, 0.1) is 0 Å². The topological polar surface area (TPSA) is 94.8 Å². The van der Waals surface area contributed by atoms with Crippen molar-refractivity contribution in [3.05, 3.63) is 78.4 Å². The van der Waals surface area contributed by atoms with Gasteiger partial charge in [0, 0.05) is 11.3 Å². The number of allylic oxidation sites excluding steroid dienone is 7. The maximum absolute atomic E-state index is 11.0. The maximum atomic E-state index is 11.0. The number of aliphatic hydroxyl groups excluding tert-OH is 1. The molecule has 0 aliphatic heterocycles. The Balaban J connectivity index is 2.63. The van der Waals surface area contributed by atoms with E-state index in [1.807, 2.05) is 30.4 Å². The summed E-state index contributed by atoms with van der Waals surface area (Å²) in [5, 5.41) is 28.2. The third-order valence-electron chi connectivity index (χ3n) is 4.83. The lowest BCUT2D eigenvalue weighted by Gasteiger charge is -2.19. The van der Waals surface area contributed by atoms with Gasteiger partial charge in [0.15, 0.2) is 0 Å². The molecule has 0 saturated carbocycles. The Labute approximate surface area is 201 Å². The van der Waals surface area contributed by atoms with Crippen LogP contribution in [0.1, 0.15) is 68.6 Å². The van der Waals surface area contributed by atoms with E-state index >= 15 is 0 Å². The molecule has 1 aromatic carbocycles. The smallest absolute Gasteiger partial charge is 0.335 e. The molecular formula is C27H36O5S. The second-order valence-electron chi connectivity index (χ2n) is 7.67. The predicted octanol–water partition coefficient (Wildman–Crippen LogP) is 6.66. The van der Waals surface area contributed by atoms with Gasteiger partial charge in [0.1, 0.15) is 0 Å². The number of carbonyl (C=O) groups is 2. The molecule has 180 valence electrons. The first-order valence-corrected chi connectivity index (χ1v) is 12.4. The van der Waals surface area contributed by atoms with Gasteiger partial charge in [-0.25, -0.2) is 4.79 Å². The van der Waals surface area contributed by atoms with Gasteiger partial charge in [0.05, 0.1) is 16.9 Å². The van der Waals surface area contributed by atoms with Crippen molar-refractivity contribution in [1.82, 2.24) is 0 Å². The summed E-state index contributed by atoms with van der Waals surface area (Å²) in [6, 6.07) is 6.50. The molecule has 0 saturated heterocycles. The largest absolute Gasteiger partial charge is 0.481 e. The van der Waals surface area contributed by atoms with Crippen LogP contribution < -0.4 is 0 Å². The summed E-state index contributed by atoms with van der Waals surface area (Å²) in [5.41, 5.74) is 0.207. The van der Waals surface area contributed by atoms with Crippen LogP contribution >= 0.6 is 11.8 Å². The van der Waals surface area contributed by atoms with E-state index in [1.165, 1.54) is 43.2 Å². The number of benzene rings is 1. The van der Waals surface area contributed by atoms with Gasteiger partial charge in [0.25, 0.3) is 0 Å². The Hall–Kier alpha value is -2.57. The fourth-order valence-corrected chi connectivity index (χ4v) is 4.04. The van der Waals surface area contributed by atoms with Crippen LogP contribution in [0.2, 0.25) is 0 Å². The Kier molecular flexibility index (Phi) is 15.5. The molecule has 0 aliphatic rings. The zero-order valence-electron chi connectivity index (χ0n) is 19.3. The molecule has 0 aliphatic carbocycles. The molecule has 3 N–H and O–H groups in total. The first-order valence-electron chi connectivity index (χ1n) is 11.5. The van der Waals surface area contributed by atoms with Crippen molar-refractivity contribution in [2.45, 2.75) is 74.5 Å². The van der Waals surface area contributed by atoms with Crippen molar-refractivity contribution in [3.63, 3.8) is 0 Å². The Bertz CT molecular complexity index is 808. The number of unbranched alkanes of at least 4 members (excludes halogenated alkanes) is 3. The van der Waals surface area contributed by atoms with E-state index in [4.69, 9.17) is 10.2 Å². The van der Waals surface area contributed by atoms with E-state index < -0.39 is 18.0 Å². The van der Waals surface area contributed by atoms with Gasteiger partial charge in [-0.3, -0.25) is 4.79 Å². The third-order valence-corrected chi connectivity index (χ3v) is 6.11. The fraction of sp³-hybridized carbons (Fsp3) is 0.407. The summed E-state index contributed by atoms with van der Waals surface area (Å²) < 4.78 is 0. The second-order valence-corrected chi connectivity index (χ2v) is 8.92. The quantitative estimate of drug-likeness (QED) is 0.102. The molecule has 0 aromatic heterocycles. The maximum Gasteiger partial charge on any atom is 0.335 e. The van der Waals surface area contributed by atoms with E-state index in [9.17, 15) is 14.7 Å². The van der Waals surface area contributed by atoms with Crippen molar-refractivity contribution in [1.29, 1.82) is 0 Å². The number of aliphatic carboxylic acids is 1. The van der Waals surface area contributed by atoms with Gasteiger partial charge in [-0.1, -0.05) is 68.4 Å². The Morgan fingerprint density at radius 3 is 2.33 bits per heavy atom. The van der Waals surface area contributed by atoms with Gasteiger partial charge in [0.2, 0.25) is 0 Å². The molecule has 0 fully saturated rings. The summed E-state index contributed by atoms with van der Waals surface area (Å²) >= 11 is 1.42. The van der Waals surface area contributed by atoms with E-state index in [1.54, 1.807) is 12.1 Å². The van der Waals surface area contributed by atoms with Crippen molar-refractivity contribution in [2.24, 2.45) is 0 Å². The number of aliphatic hydroxyl groups is 1. The highest BCUT2D eigenvalue weighted by atomic mass is 32.2. The van der Waals surface area contributed by atoms with Crippen molar-refractivity contribution in [2.75, 3.05) is 0 Å². The molecule has 0 heterocycles. The molecule has 0 spiro atoms. The first kappa shape index (κ1) is 28.5. The molecule has 5 nitrogen and oxygen atoms in total. The van der Waals surface area contributed by atoms with E-state index in [0.29, 0.717) is 12.8 Å². The average Bonchev–Trinajstić information content (AvgIpc) is 2.79. The number of rotatable bonds is 17. The number of hydrogen-bond donors (Lipinski definition) is 3. The van der Waals surface area contributed by atoms with Gasteiger partial charge in [-0.05, 0) is 56.4 Å². The summed E-state index contributed by atoms with van der Waals surface area (Å²) in [7, 11) is 0. The van der Waals surface area contributed by atoms with Crippen molar-refractivity contribution < 1.29 is 24.9 Å². The molecule has 0 unspecified atom stereocenters. The van der Waals surface area contributed by atoms with Crippen LogP contribution in [0.25, 0.3) is 0 Å². The van der Waals surface area contributed by atoms with Crippen LogP contribution in [0.4, 0.5) is 0 Å². The molecule has 6 heteroatoms. The number of aromatic carboxylic acids is 1. The van der Waals surface area contributed by atoms with E-state index in [-0.39, 0.29) is 17.2 Å². The molecule has 1 rings (SSSR count). The second kappa shape index (κ2) is 17.9. The number of carboxylic acid groups (broad SMARTS) is 2. The van der Waals surface area contributed by atoms with Gasteiger partial charge >= 0.3 is 11.9 Å². The number of thioether (sulfide) groups is 1. The summed E-state index contributed by atoms with van der Waals surface area (Å²) in [5.74, 6) is -1.86. The molecule has 0 bridgehead atoms.